The smallest absolute Gasteiger partial charge is 0.208 e. The number of benzene rings is 1. The first-order valence-corrected chi connectivity index (χ1v) is 5.71. The molecule has 0 atom stereocenters. The van der Waals surface area contributed by atoms with E-state index in [-0.39, 0.29) is 11.2 Å². The van der Waals surface area contributed by atoms with Crippen molar-refractivity contribution in [2.24, 2.45) is 0 Å². The van der Waals surface area contributed by atoms with Crippen molar-refractivity contribution >= 4 is 42.8 Å². The van der Waals surface area contributed by atoms with Crippen LogP contribution in [0.15, 0.2) is 30.3 Å². The fourth-order valence-corrected chi connectivity index (χ4v) is 2.11. The van der Waals surface area contributed by atoms with E-state index >= 15 is 0 Å². The van der Waals surface area contributed by atoms with Crippen LogP contribution in [0.3, 0.4) is 0 Å². The Morgan fingerprint density at radius 2 is 1.93 bits per heavy atom. The first-order valence-electron chi connectivity index (χ1n) is 4.12. The Kier molecular flexibility index (Phi) is 2.60. The highest BCUT2D eigenvalue weighted by Crippen LogP contribution is 2.31. The van der Waals surface area contributed by atoms with Crippen LogP contribution in [0, 0.1) is 6.92 Å². The Morgan fingerprint density at radius 1 is 1.27 bits per heavy atom. The van der Waals surface area contributed by atoms with E-state index < -0.39 is 0 Å². The van der Waals surface area contributed by atoms with Gasteiger partial charge < -0.3 is 9.52 Å². The zero-order chi connectivity index (χ0) is 11.2. The minimum absolute atomic E-state index is 0.0190. The Labute approximate surface area is 102 Å². The summed E-state index contributed by atoms with van der Waals surface area (Å²) in [7, 11) is 0. The van der Waals surface area contributed by atoms with Crippen LogP contribution in [0.5, 0.6) is 5.75 Å². The quantitative estimate of drug-likeness (QED) is 0.804. The van der Waals surface area contributed by atoms with Crippen LogP contribution in [-0.2, 0) is 0 Å². The van der Waals surface area contributed by atoms with E-state index in [1.807, 2.05) is 0 Å². The summed E-state index contributed by atoms with van der Waals surface area (Å²) in [5.74, 6) is 0.538. The Morgan fingerprint density at radius 3 is 2.60 bits per heavy atom. The van der Waals surface area contributed by atoms with Gasteiger partial charge in [-0.3, -0.25) is 4.79 Å². The molecule has 0 unspecified atom stereocenters. The maximum absolute atomic E-state index is 11.9. The van der Waals surface area contributed by atoms with Gasteiger partial charge in [-0.25, -0.2) is 0 Å². The average molecular weight is 334 g/mol. The molecule has 5 heteroatoms. The van der Waals surface area contributed by atoms with Crippen molar-refractivity contribution in [2.45, 2.75) is 6.92 Å². The average Bonchev–Trinajstić information content (AvgIpc) is 2.20. The second-order valence-electron chi connectivity index (χ2n) is 3.07. The number of aryl methyl sites for hydroxylation is 1. The molecule has 0 fully saturated rings. The van der Waals surface area contributed by atoms with E-state index in [9.17, 15) is 9.90 Å². The zero-order valence-corrected chi connectivity index (χ0v) is 10.8. The molecule has 2 aromatic rings. The highest BCUT2D eigenvalue weighted by Gasteiger charge is 2.13. The van der Waals surface area contributed by atoms with Gasteiger partial charge in [0.1, 0.15) is 21.6 Å². The normalized spacial score (nSPS) is 10.9. The molecule has 0 saturated heterocycles. The summed E-state index contributed by atoms with van der Waals surface area (Å²) in [4.78, 5) is 11.9. The lowest BCUT2D eigenvalue weighted by molar-refractivity contribution is 0.471. The molecular weight excluding hydrogens is 328 g/mol. The molecule has 3 nitrogen and oxygen atoms in total. The van der Waals surface area contributed by atoms with E-state index in [1.165, 1.54) is 6.07 Å². The molecule has 2 rings (SSSR count). The molecule has 1 heterocycles. The van der Waals surface area contributed by atoms with Gasteiger partial charge in [0.25, 0.3) is 0 Å². The highest BCUT2D eigenvalue weighted by atomic mass is 79.9. The molecule has 0 spiro atoms. The number of hydrogen-bond donors (Lipinski definition) is 1. The molecule has 0 aliphatic heterocycles. The number of phenols is 1. The van der Waals surface area contributed by atoms with Crippen molar-refractivity contribution in [2.75, 3.05) is 0 Å². The van der Waals surface area contributed by atoms with Gasteiger partial charge in [-0.1, -0.05) is 0 Å². The fourth-order valence-electron chi connectivity index (χ4n) is 1.32. The van der Waals surface area contributed by atoms with Gasteiger partial charge in [0, 0.05) is 0 Å². The van der Waals surface area contributed by atoms with E-state index in [1.54, 1.807) is 13.0 Å². The van der Waals surface area contributed by atoms with Crippen molar-refractivity contribution in [1.29, 1.82) is 0 Å². The highest BCUT2D eigenvalue weighted by molar-refractivity contribution is 9.11. The molecule has 0 bridgehead atoms. The maximum Gasteiger partial charge on any atom is 0.208 e. The number of phenolic OH excluding ortho intramolecular Hbond substituents is 1. The van der Waals surface area contributed by atoms with Crippen LogP contribution in [0.1, 0.15) is 5.76 Å². The van der Waals surface area contributed by atoms with Crippen molar-refractivity contribution in [1.82, 2.24) is 0 Å². The Hall–Kier alpha value is -0.810. The molecule has 1 aromatic heterocycles. The molecule has 15 heavy (non-hydrogen) atoms. The number of halogens is 2. The molecule has 1 N–H and O–H groups in total. The lowest BCUT2D eigenvalue weighted by Crippen LogP contribution is -2.04. The van der Waals surface area contributed by atoms with Gasteiger partial charge in [0.05, 0.1) is 9.86 Å². The van der Waals surface area contributed by atoms with Crippen molar-refractivity contribution < 1.29 is 9.52 Å². The minimum atomic E-state index is -0.198. The van der Waals surface area contributed by atoms with E-state index in [0.29, 0.717) is 25.7 Å². The molecular formula is C10H6Br2O3. The first kappa shape index (κ1) is 10.7. The van der Waals surface area contributed by atoms with Crippen LogP contribution in [0.25, 0.3) is 11.0 Å². The van der Waals surface area contributed by atoms with Gasteiger partial charge in [-0.15, -0.1) is 0 Å². The molecule has 0 aliphatic rings. The summed E-state index contributed by atoms with van der Waals surface area (Å²) in [6.45, 7) is 1.70. The minimum Gasteiger partial charge on any atom is -0.507 e. The van der Waals surface area contributed by atoms with Crippen LogP contribution in [0.4, 0.5) is 0 Å². The van der Waals surface area contributed by atoms with Crippen molar-refractivity contribution in [3.8, 4) is 5.75 Å². The predicted molar refractivity (Wildman–Crippen MR) is 64.3 cm³/mol. The third-order valence-electron chi connectivity index (χ3n) is 2.08. The SMILES string of the molecule is Cc1oc2ccc(O)c(Br)c2c(=O)c1Br. The summed E-state index contributed by atoms with van der Waals surface area (Å²) in [5.41, 5.74) is 0.252. The molecule has 0 radical (unpaired) electrons. The second-order valence-corrected chi connectivity index (χ2v) is 4.66. The molecule has 1 aromatic carbocycles. The van der Waals surface area contributed by atoms with Crippen LogP contribution in [-0.4, -0.2) is 5.11 Å². The maximum atomic E-state index is 11.9. The number of hydrogen-bond acceptors (Lipinski definition) is 3. The Balaban J connectivity index is 3.08. The molecule has 0 amide bonds. The third-order valence-corrected chi connectivity index (χ3v) is 3.80. The predicted octanol–water partition coefficient (Wildman–Crippen LogP) is 3.33. The van der Waals surface area contributed by atoms with Gasteiger partial charge in [-0.05, 0) is 50.9 Å². The fraction of sp³-hybridized carbons (Fsp3) is 0.100. The van der Waals surface area contributed by atoms with Gasteiger partial charge in [-0.2, -0.15) is 0 Å². The second kappa shape index (κ2) is 3.64. The summed E-state index contributed by atoms with van der Waals surface area (Å²) < 4.78 is 6.15. The van der Waals surface area contributed by atoms with E-state index in [0.717, 1.165) is 0 Å². The number of fused-ring (bicyclic) bond motifs is 1. The van der Waals surface area contributed by atoms with Crippen LogP contribution < -0.4 is 5.43 Å². The summed E-state index contributed by atoms with van der Waals surface area (Å²) in [5, 5.41) is 9.80. The van der Waals surface area contributed by atoms with Crippen LogP contribution in [0.2, 0.25) is 0 Å². The standard InChI is InChI=1S/C10H6Br2O3/c1-4-8(11)10(14)7-6(15-4)3-2-5(13)9(7)12/h2-3,13H,1H3. The van der Waals surface area contributed by atoms with E-state index in [2.05, 4.69) is 31.9 Å². The summed E-state index contributed by atoms with van der Waals surface area (Å²) in [6.07, 6.45) is 0. The third kappa shape index (κ3) is 1.59. The van der Waals surface area contributed by atoms with Crippen LogP contribution >= 0.6 is 31.9 Å². The lowest BCUT2D eigenvalue weighted by atomic mass is 10.2. The molecule has 78 valence electrons. The monoisotopic (exact) mass is 332 g/mol. The first-order chi connectivity index (χ1) is 7.02. The summed E-state index contributed by atoms with van der Waals surface area (Å²) >= 11 is 6.31. The lowest BCUT2D eigenvalue weighted by Gasteiger charge is -2.04. The topological polar surface area (TPSA) is 50.4 Å². The zero-order valence-electron chi connectivity index (χ0n) is 7.67. The number of aromatic hydroxyl groups is 1. The summed E-state index contributed by atoms with van der Waals surface area (Å²) in [6, 6.07) is 3.04. The van der Waals surface area contributed by atoms with Crippen molar-refractivity contribution in [3.63, 3.8) is 0 Å². The Bertz CT molecular complexity index is 602. The van der Waals surface area contributed by atoms with Gasteiger partial charge in [0.2, 0.25) is 5.43 Å². The molecule has 0 saturated carbocycles. The largest absolute Gasteiger partial charge is 0.507 e. The molecule has 0 aliphatic carbocycles. The van der Waals surface area contributed by atoms with Crippen molar-refractivity contribution in [3.05, 3.63) is 37.1 Å². The van der Waals surface area contributed by atoms with E-state index in [4.69, 9.17) is 4.42 Å². The number of rotatable bonds is 0. The van der Waals surface area contributed by atoms with Gasteiger partial charge >= 0.3 is 0 Å². The van der Waals surface area contributed by atoms with Gasteiger partial charge in [0.15, 0.2) is 0 Å².